The zero-order valence-electron chi connectivity index (χ0n) is 8.44. The lowest BCUT2D eigenvalue weighted by atomic mass is 10.4. The summed E-state index contributed by atoms with van der Waals surface area (Å²) in [6, 6.07) is 9.43. The first-order chi connectivity index (χ1) is 7.31. The molecule has 5 heteroatoms. The van der Waals surface area contributed by atoms with Crippen molar-refractivity contribution in [3.05, 3.63) is 18.2 Å². The zero-order valence-corrected chi connectivity index (χ0v) is 8.44. The molecule has 76 valence electrons. The number of pyridine rings is 1. The lowest BCUT2D eigenvalue weighted by Gasteiger charge is -2.17. The summed E-state index contributed by atoms with van der Waals surface area (Å²) in [6.07, 6.45) is 0. The van der Waals surface area contributed by atoms with Crippen LogP contribution in [0.2, 0.25) is 0 Å². The van der Waals surface area contributed by atoms with Gasteiger partial charge in [-0.1, -0.05) is 6.07 Å². The Labute approximate surface area is 88.6 Å². The Kier molecular flexibility index (Phi) is 3.93. The van der Waals surface area contributed by atoms with Crippen molar-refractivity contribution in [2.45, 2.75) is 0 Å². The van der Waals surface area contributed by atoms with Crippen LogP contribution in [-0.2, 0) is 0 Å². The van der Waals surface area contributed by atoms with E-state index >= 15 is 0 Å². The van der Waals surface area contributed by atoms with Crippen LogP contribution in [0.25, 0.3) is 0 Å². The van der Waals surface area contributed by atoms with Crippen molar-refractivity contribution in [2.24, 2.45) is 0 Å². The second-order valence-corrected chi connectivity index (χ2v) is 2.80. The highest BCUT2D eigenvalue weighted by Gasteiger charge is 2.06. The highest BCUT2D eigenvalue weighted by molar-refractivity contribution is 5.47. The Morgan fingerprint density at radius 2 is 2.00 bits per heavy atom. The average molecular weight is 201 g/mol. The normalized spacial score (nSPS) is 8.73. The third kappa shape index (κ3) is 2.85. The second kappa shape index (κ2) is 5.46. The maximum absolute atomic E-state index is 8.61. The molecule has 15 heavy (non-hydrogen) atoms. The minimum absolute atomic E-state index is 0.160. The fraction of sp³-hybridized carbons (Fsp3) is 0.300. The summed E-state index contributed by atoms with van der Waals surface area (Å²) in [6.45, 7) is 0.321. The molecule has 0 radical (unpaired) electrons. The molecule has 0 aliphatic rings. The van der Waals surface area contributed by atoms with Gasteiger partial charge < -0.3 is 10.2 Å². The van der Waals surface area contributed by atoms with E-state index in [0.29, 0.717) is 11.6 Å². The van der Waals surface area contributed by atoms with E-state index in [9.17, 15) is 0 Å². The maximum Gasteiger partial charge on any atom is 0.132 e. The first kappa shape index (κ1) is 10.8. The Morgan fingerprint density at radius 1 is 1.33 bits per heavy atom. The van der Waals surface area contributed by atoms with E-state index in [-0.39, 0.29) is 13.1 Å². The molecule has 5 nitrogen and oxygen atoms in total. The van der Waals surface area contributed by atoms with E-state index in [1.807, 2.05) is 24.3 Å². The molecule has 0 fully saturated rings. The van der Waals surface area contributed by atoms with Crippen molar-refractivity contribution in [2.75, 3.05) is 30.4 Å². The van der Waals surface area contributed by atoms with Crippen molar-refractivity contribution in [1.29, 1.82) is 10.5 Å². The van der Waals surface area contributed by atoms with Gasteiger partial charge in [0.15, 0.2) is 0 Å². The molecule has 0 aliphatic heterocycles. The van der Waals surface area contributed by atoms with Crippen LogP contribution >= 0.6 is 0 Å². The van der Waals surface area contributed by atoms with Gasteiger partial charge in [-0.3, -0.25) is 0 Å². The Bertz CT molecular complexity index is 385. The molecule has 1 aromatic rings. The van der Waals surface area contributed by atoms with Gasteiger partial charge >= 0.3 is 0 Å². The molecule has 0 bridgehead atoms. The van der Waals surface area contributed by atoms with Crippen LogP contribution < -0.4 is 10.2 Å². The SMILES string of the molecule is CNc1cccc(N(CC#N)CC#N)n1. The number of hydrogen-bond acceptors (Lipinski definition) is 5. The van der Waals surface area contributed by atoms with Crippen molar-refractivity contribution in [3.8, 4) is 12.1 Å². The van der Waals surface area contributed by atoms with Crippen LogP contribution in [0.3, 0.4) is 0 Å². The van der Waals surface area contributed by atoms with Gasteiger partial charge in [0.2, 0.25) is 0 Å². The molecule has 0 amide bonds. The molecular formula is C10H11N5. The number of nitrogens with one attached hydrogen (secondary N) is 1. The van der Waals surface area contributed by atoms with Gasteiger partial charge in [0, 0.05) is 7.05 Å². The summed E-state index contributed by atoms with van der Waals surface area (Å²) in [7, 11) is 1.77. The van der Waals surface area contributed by atoms with Crippen molar-refractivity contribution in [1.82, 2.24) is 4.98 Å². The number of rotatable bonds is 4. The van der Waals surface area contributed by atoms with E-state index in [0.717, 1.165) is 0 Å². The molecule has 1 aromatic heterocycles. The van der Waals surface area contributed by atoms with Crippen LogP contribution in [0.5, 0.6) is 0 Å². The van der Waals surface area contributed by atoms with Crippen molar-refractivity contribution >= 4 is 11.6 Å². The monoisotopic (exact) mass is 201 g/mol. The summed E-state index contributed by atoms with van der Waals surface area (Å²) < 4.78 is 0. The highest BCUT2D eigenvalue weighted by atomic mass is 15.2. The van der Waals surface area contributed by atoms with E-state index in [4.69, 9.17) is 10.5 Å². The standard InChI is InChI=1S/C10H11N5/c1-13-9-3-2-4-10(14-9)15(7-5-11)8-6-12/h2-4H,7-8H2,1H3,(H,13,14). The average Bonchev–Trinajstić information content (AvgIpc) is 2.29. The predicted octanol–water partition coefficient (Wildman–Crippen LogP) is 0.977. The summed E-state index contributed by atoms with van der Waals surface area (Å²) in [5.74, 6) is 1.35. The fourth-order valence-electron chi connectivity index (χ4n) is 1.13. The van der Waals surface area contributed by atoms with Gasteiger partial charge in [0.25, 0.3) is 0 Å². The lowest BCUT2D eigenvalue weighted by Crippen LogP contribution is -2.24. The van der Waals surface area contributed by atoms with Gasteiger partial charge in [-0.15, -0.1) is 0 Å². The number of nitrogens with zero attached hydrogens (tertiary/aromatic N) is 4. The second-order valence-electron chi connectivity index (χ2n) is 2.80. The van der Waals surface area contributed by atoms with Gasteiger partial charge in [-0.05, 0) is 12.1 Å². The number of aromatic nitrogens is 1. The topological polar surface area (TPSA) is 75.7 Å². The van der Waals surface area contributed by atoms with Crippen molar-refractivity contribution < 1.29 is 0 Å². The molecule has 1 rings (SSSR count). The molecular weight excluding hydrogens is 190 g/mol. The van der Waals surface area contributed by atoms with E-state index in [2.05, 4.69) is 10.3 Å². The molecule has 0 spiro atoms. The van der Waals surface area contributed by atoms with Crippen LogP contribution in [-0.4, -0.2) is 25.1 Å². The lowest BCUT2D eigenvalue weighted by molar-refractivity contribution is 0.936. The summed E-state index contributed by atoms with van der Waals surface area (Å²) in [5, 5.41) is 20.1. The van der Waals surface area contributed by atoms with Crippen LogP contribution in [0.1, 0.15) is 0 Å². The first-order valence-electron chi connectivity index (χ1n) is 4.45. The summed E-state index contributed by atoms with van der Waals surface area (Å²) >= 11 is 0. The number of hydrogen-bond donors (Lipinski definition) is 1. The van der Waals surface area contributed by atoms with Gasteiger partial charge in [0.05, 0.1) is 12.1 Å². The van der Waals surface area contributed by atoms with Gasteiger partial charge in [0.1, 0.15) is 24.7 Å². The molecule has 1 heterocycles. The van der Waals surface area contributed by atoms with Crippen molar-refractivity contribution in [3.63, 3.8) is 0 Å². The number of anilines is 2. The molecule has 0 saturated carbocycles. The van der Waals surface area contributed by atoms with Crippen LogP contribution in [0.4, 0.5) is 11.6 Å². The molecule has 0 aromatic carbocycles. The van der Waals surface area contributed by atoms with E-state index < -0.39 is 0 Å². The fourth-order valence-corrected chi connectivity index (χ4v) is 1.13. The predicted molar refractivity (Wildman–Crippen MR) is 57.2 cm³/mol. The van der Waals surface area contributed by atoms with Crippen LogP contribution in [0, 0.1) is 22.7 Å². The van der Waals surface area contributed by atoms with Gasteiger partial charge in [-0.25, -0.2) is 4.98 Å². The molecule has 0 unspecified atom stereocenters. The minimum Gasteiger partial charge on any atom is -0.373 e. The highest BCUT2D eigenvalue weighted by Crippen LogP contribution is 2.12. The third-order valence-electron chi connectivity index (χ3n) is 1.84. The van der Waals surface area contributed by atoms with Gasteiger partial charge in [-0.2, -0.15) is 10.5 Å². The molecule has 0 atom stereocenters. The number of nitriles is 2. The minimum atomic E-state index is 0.160. The quantitative estimate of drug-likeness (QED) is 0.735. The first-order valence-corrected chi connectivity index (χ1v) is 4.45. The zero-order chi connectivity index (χ0) is 11.1. The summed E-state index contributed by atoms with van der Waals surface area (Å²) in [4.78, 5) is 5.85. The van der Waals surface area contributed by atoms with Crippen LogP contribution in [0.15, 0.2) is 18.2 Å². The third-order valence-corrected chi connectivity index (χ3v) is 1.84. The Hall–Kier alpha value is -2.27. The Morgan fingerprint density at radius 3 is 2.53 bits per heavy atom. The molecule has 0 saturated heterocycles. The smallest absolute Gasteiger partial charge is 0.132 e. The summed E-state index contributed by atoms with van der Waals surface area (Å²) in [5.41, 5.74) is 0. The maximum atomic E-state index is 8.61. The Balaban J connectivity index is 2.91. The largest absolute Gasteiger partial charge is 0.373 e. The van der Waals surface area contributed by atoms with E-state index in [1.165, 1.54) is 0 Å². The van der Waals surface area contributed by atoms with E-state index in [1.54, 1.807) is 18.0 Å². The molecule has 1 N–H and O–H groups in total. The molecule has 0 aliphatic carbocycles.